The Morgan fingerprint density at radius 2 is 1.75 bits per heavy atom. The van der Waals surface area contributed by atoms with Crippen LogP contribution in [0.1, 0.15) is 30.0 Å². The van der Waals surface area contributed by atoms with Crippen molar-refractivity contribution in [1.29, 1.82) is 0 Å². The van der Waals surface area contributed by atoms with Crippen molar-refractivity contribution in [2.45, 2.75) is 18.2 Å². The normalized spacial score (nSPS) is 16.5. The fourth-order valence-corrected chi connectivity index (χ4v) is 3.68. The maximum atomic E-state index is 11.5. The first-order valence-corrected chi connectivity index (χ1v) is 9.49. The molecule has 0 spiro atoms. The predicted molar refractivity (Wildman–Crippen MR) is 100 cm³/mol. The zero-order chi connectivity index (χ0) is 17.1. The summed E-state index contributed by atoms with van der Waals surface area (Å²) in [5.41, 5.74) is 9.52. The van der Waals surface area contributed by atoms with Gasteiger partial charge in [-0.1, -0.05) is 36.4 Å². The van der Waals surface area contributed by atoms with Crippen molar-refractivity contribution in [1.82, 2.24) is 5.48 Å². The Labute approximate surface area is 145 Å². The highest BCUT2D eigenvalue weighted by Gasteiger charge is 2.22. The Hall–Kier alpha value is -2.01. The summed E-state index contributed by atoms with van der Waals surface area (Å²) in [5, 5.41) is 8.97. The molecular weight excluding hydrogens is 318 g/mol. The molecule has 0 fully saturated rings. The van der Waals surface area contributed by atoms with Gasteiger partial charge in [-0.15, -0.1) is 0 Å². The molecule has 124 valence electrons. The molecule has 1 aliphatic rings. The van der Waals surface area contributed by atoms with E-state index in [2.05, 4.69) is 42.7 Å². The standard InChI is InChI=1S/C20H21NO2S/c1-14-17-5-3-4-6-19(17)20(18(14)11-12-21-22)13-15-7-9-16(10-8-15)24(2)23/h3-10,13,21-22H,11-12H2,1-2H3/b20-13-. The lowest BCUT2D eigenvalue weighted by Gasteiger charge is -2.08. The van der Waals surface area contributed by atoms with Crippen molar-refractivity contribution in [3.05, 3.63) is 70.8 Å². The summed E-state index contributed by atoms with van der Waals surface area (Å²) < 4.78 is 11.5. The van der Waals surface area contributed by atoms with Crippen molar-refractivity contribution < 1.29 is 9.42 Å². The third kappa shape index (κ3) is 3.26. The van der Waals surface area contributed by atoms with Crippen molar-refractivity contribution in [2.75, 3.05) is 12.8 Å². The van der Waals surface area contributed by atoms with Crippen molar-refractivity contribution in [2.24, 2.45) is 0 Å². The second-order valence-electron chi connectivity index (χ2n) is 5.89. The first kappa shape index (κ1) is 16.8. The Balaban J connectivity index is 2.04. The summed E-state index contributed by atoms with van der Waals surface area (Å²) in [6, 6.07) is 16.2. The number of fused-ring (bicyclic) bond motifs is 1. The zero-order valence-electron chi connectivity index (χ0n) is 13.9. The molecule has 0 aromatic heterocycles. The maximum Gasteiger partial charge on any atom is 0.0498 e. The Bertz CT molecular complexity index is 835. The Kier molecular flexibility index (Phi) is 5.09. The number of nitrogens with one attached hydrogen (secondary N) is 1. The van der Waals surface area contributed by atoms with Gasteiger partial charge in [-0.05, 0) is 65.0 Å². The molecule has 1 atom stereocenters. The fourth-order valence-electron chi connectivity index (χ4n) is 3.16. The van der Waals surface area contributed by atoms with E-state index in [1.807, 2.05) is 24.3 Å². The minimum absolute atomic E-state index is 0.520. The highest BCUT2D eigenvalue weighted by atomic mass is 32.2. The van der Waals surface area contributed by atoms with Gasteiger partial charge < -0.3 is 5.21 Å². The number of allylic oxidation sites excluding steroid dienone is 2. The van der Waals surface area contributed by atoms with E-state index in [4.69, 9.17) is 5.21 Å². The summed E-state index contributed by atoms with van der Waals surface area (Å²) in [6.07, 6.45) is 4.62. The molecule has 3 rings (SSSR count). The van der Waals surface area contributed by atoms with Crippen LogP contribution in [0.5, 0.6) is 0 Å². The Morgan fingerprint density at radius 1 is 1.08 bits per heavy atom. The molecule has 0 bridgehead atoms. The molecule has 0 saturated carbocycles. The van der Waals surface area contributed by atoms with Gasteiger partial charge in [0.15, 0.2) is 0 Å². The number of hydrogen-bond donors (Lipinski definition) is 2. The van der Waals surface area contributed by atoms with Gasteiger partial charge in [-0.25, -0.2) is 5.48 Å². The van der Waals surface area contributed by atoms with E-state index < -0.39 is 10.8 Å². The van der Waals surface area contributed by atoms with E-state index >= 15 is 0 Å². The van der Waals surface area contributed by atoms with Gasteiger partial charge in [-0.3, -0.25) is 4.21 Å². The number of rotatable bonds is 5. The molecule has 0 saturated heterocycles. The van der Waals surface area contributed by atoms with E-state index in [0.29, 0.717) is 6.54 Å². The molecule has 24 heavy (non-hydrogen) atoms. The van der Waals surface area contributed by atoms with Gasteiger partial charge in [0.2, 0.25) is 0 Å². The van der Waals surface area contributed by atoms with E-state index in [-0.39, 0.29) is 0 Å². The van der Waals surface area contributed by atoms with Crippen LogP contribution in [-0.2, 0) is 10.8 Å². The van der Waals surface area contributed by atoms with Crippen LogP contribution in [0.15, 0.2) is 59.0 Å². The second kappa shape index (κ2) is 7.26. The monoisotopic (exact) mass is 339 g/mol. The molecule has 1 aliphatic carbocycles. The highest BCUT2D eigenvalue weighted by Crippen LogP contribution is 2.43. The fraction of sp³-hybridized carbons (Fsp3) is 0.200. The lowest BCUT2D eigenvalue weighted by molar-refractivity contribution is 0.168. The molecule has 0 amide bonds. The van der Waals surface area contributed by atoms with Crippen LogP contribution < -0.4 is 5.48 Å². The minimum Gasteiger partial charge on any atom is -0.317 e. The lowest BCUT2D eigenvalue weighted by atomic mass is 9.98. The molecule has 4 heteroatoms. The van der Waals surface area contributed by atoms with Crippen LogP contribution in [0.4, 0.5) is 0 Å². The number of hydroxylamine groups is 1. The summed E-state index contributed by atoms with van der Waals surface area (Å²) in [7, 11) is -0.960. The van der Waals surface area contributed by atoms with Gasteiger partial charge in [0.1, 0.15) is 0 Å². The molecule has 1 unspecified atom stereocenters. The van der Waals surface area contributed by atoms with Gasteiger partial charge >= 0.3 is 0 Å². The highest BCUT2D eigenvalue weighted by molar-refractivity contribution is 7.84. The number of hydrogen-bond acceptors (Lipinski definition) is 3. The van der Waals surface area contributed by atoms with E-state index in [9.17, 15) is 4.21 Å². The van der Waals surface area contributed by atoms with Crippen molar-refractivity contribution >= 4 is 28.0 Å². The van der Waals surface area contributed by atoms with Crippen molar-refractivity contribution in [3.8, 4) is 0 Å². The van der Waals surface area contributed by atoms with E-state index in [1.165, 1.54) is 27.8 Å². The summed E-state index contributed by atoms with van der Waals surface area (Å²) in [6.45, 7) is 2.65. The van der Waals surface area contributed by atoms with E-state index in [1.54, 1.807) is 6.26 Å². The SMILES string of the molecule is CC1=C(CCNO)/C(=C/c2ccc(S(C)=O)cc2)c2ccccc21. The summed E-state index contributed by atoms with van der Waals surface area (Å²) in [5.74, 6) is 0. The van der Waals surface area contributed by atoms with Crippen LogP contribution in [0, 0.1) is 0 Å². The quantitative estimate of drug-likeness (QED) is 0.806. The minimum atomic E-state index is -0.960. The number of benzene rings is 2. The van der Waals surface area contributed by atoms with Crippen LogP contribution in [0.2, 0.25) is 0 Å². The molecule has 0 heterocycles. The van der Waals surface area contributed by atoms with Gasteiger partial charge in [0.05, 0.1) is 0 Å². The van der Waals surface area contributed by atoms with Gasteiger partial charge in [-0.2, -0.15) is 0 Å². The zero-order valence-corrected chi connectivity index (χ0v) is 14.7. The first-order chi connectivity index (χ1) is 11.6. The smallest absolute Gasteiger partial charge is 0.0498 e. The van der Waals surface area contributed by atoms with Crippen LogP contribution in [0.3, 0.4) is 0 Å². The molecule has 0 aliphatic heterocycles. The third-order valence-electron chi connectivity index (χ3n) is 4.41. The molecule has 0 radical (unpaired) electrons. The lowest BCUT2D eigenvalue weighted by Crippen LogP contribution is -2.09. The Morgan fingerprint density at radius 3 is 2.38 bits per heavy atom. The third-order valence-corrected chi connectivity index (χ3v) is 5.34. The van der Waals surface area contributed by atoms with E-state index in [0.717, 1.165) is 16.9 Å². The van der Waals surface area contributed by atoms with Crippen LogP contribution >= 0.6 is 0 Å². The second-order valence-corrected chi connectivity index (χ2v) is 7.27. The summed E-state index contributed by atoms with van der Waals surface area (Å²) in [4.78, 5) is 0.834. The maximum absolute atomic E-state index is 11.5. The average molecular weight is 339 g/mol. The molecular formula is C20H21NO2S. The molecule has 2 aromatic rings. The molecule has 2 aromatic carbocycles. The van der Waals surface area contributed by atoms with Crippen molar-refractivity contribution in [3.63, 3.8) is 0 Å². The van der Waals surface area contributed by atoms with Gasteiger partial charge in [0, 0.05) is 28.5 Å². The van der Waals surface area contributed by atoms with Crippen LogP contribution in [0.25, 0.3) is 17.2 Å². The summed E-state index contributed by atoms with van der Waals surface area (Å²) >= 11 is 0. The van der Waals surface area contributed by atoms with Crippen LogP contribution in [-0.4, -0.2) is 22.2 Å². The molecule has 3 nitrogen and oxygen atoms in total. The molecule has 2 N–H and O–H groups in total. The average Bonchev–Trinajstić information content (AvgIpc) is 2.86. The predicted octanol–water partition coefficient (Wildman–Crippen LogP) is 4.12. The topological polar surface area (TPSA) is 49.3 Å². The largest absolute Gasteiger partial charge is 0.317 e. The van der Waals surface area contributed by atoms with Gasteiger partial charge in [0.25, 0.3) is 0 Å². The first-order valence-electron chi connectivity index (χ1n) is 7.94.